The van der Waals surface area contributed by atoms with E-state index in [1.54, 1.807) is 6.20 Å². The highest BCUT2D eigenvalue weighted by Gasteiger charge is 1.98. The van der Waals surface area contributed by atoms with Crippen molar-refractivity contribution in [1.29, 1.82) is 0 Å². The minimum atomic E-state index is 1.00. The lowest BCUT2D eigenvalue weighted by atomic mass is 10.2. The van der Waals surface area contributed by atoms with Gasteiger partial charge in [0.05, 0.1) is 17.2 Å². The molecule has 3 aromatic rings. The maximum atomic E-state index is 7.00. The van der Waals surface area contributed by atoms with Crippen LogP contribution in [0.5, 0.6) is 0 Å². The molecule has 1 aromatic carbocycles. The number of rotatable bonds is 0. The summed E-state index contributed by atoms with van der Waals surface area (Å²) in [7, 11) is 1.00. The van der Waals surface area contributed by atoms with Crippen molar-refractivity contribution in [1.82, 2.24) is 15.2 Å². The van der Waals surface area contributed by atoms with Crippen LogP contribution in [-0.2, 0) is 0 Å². The quantitative estimate of drug-likeness (QED) is 0.582. The molecular weight excluding hydrogens is 190 g/mol. The smallest absolute Gasteiger partial charge is 0.0710 e. The molecule has 2 heterocycles. The topological polar surface area (TPSA) is 61.8 Å². The Bertz CT molecular complexity index is 524. The fourth-order valence-electron chi connectivity index (χ4n) is 1.51. The van der Waals surface area contributed by atoms with Crippen LogP contribution >= 0.6 is 0 Å². The van der Waals surface area contributed by atoms with Crippen LogP contribution in [0.1, 0.15) is 0 Å². The van der Waals surface area contributed by atoms with Crippen molar-refractivity contribution in [2.45, 2.75) is 0 Å². The molecule has 2 N–H and O–H groups in total. The number of aromatic amines is 1. The number of benzene rings is 1. The van der Waals surface area contributed by atoms with E-state index in [1.807, 2.05) is 24.4 Å². The van der Waals surface area contributed by atoms with Gasteiger partial charge in [0.15, 0.2) is 0 Å². The van der Waals surface area contributed by atoms with Gasteiger partial charge in [-0.15, -0.1) is 0 Å². The summed E-state index contributed by atoms with van der Waals surface area (Å²) in [6, 6.07) is 8.08. The van der Waals surface area contributed by atoms with Gasteiger partial charge in [-0.05, 0) is 18.2 Å². The second kappa shape index (κ2) is 4.06. The van der Waals surface area contributed by atoms with Crippen LogP contribution < -0.4 is 0 Å². The molecule has 0 radical (unpaired) electrons. The summed E-state index contributed by atoms with van der Waals surface area (Å²) in [5.74, 6) is 0. The highest BCUT2D eigenvalue weighted by Crippen LogP contribution is 2.18. The van der Waals surface area contributed by atoms with E-state index < -0.39 is 0 Å². The van der Waals surface area contributed by atoms with Crippen molar-refractivity contribution in [3.05, 3.63) is 36.7 Å². The fraction of sp³-hybridized carbons (Fsp3) is 0.0909. The summed E-state index contributed by atoms with van der Waals surface area (Å²) in [5, 5.41) is 16.1. The first-order valence-corrected chi connectivity index (χ1v) is 4.56. The van der Waals surface area contributed by atoms with Gasteiger partial charge in [0.1, 0.15) is 0 Å². The Hall–Kier alpha value is -1.94. The van der Waals surface area contributed by atoms with Crippen molar-refractivity contribution in [3.8, 4) is 0 Å². The molecule has 4 heteroatoms. The van der Waals surface area contributed by atoms with E-state index in [1.165, 1.54) is 0 Å². The van der Waals surface area contributed by atoms with E-state index in [0.717, 1.165) is 28.9 Å². The molecule has 0 saturated heterocycles. The average molecular weight is 201 g/mol. The highest BCUT2D eigenvalue weighted by molar-refractivity contribution is 5.94. The van der Waals surface area contributed by atoms with Crippen LogP contribution in [0, 0.1) is 0 Å². The minimum Gasteiger partial charge on any atom is -0.400 e. The fourth-order valence-corrected chi connectivity index (χ4v) is 1.51. The zero-order valence-electron chi connectivity index (χ0n) is 8.31. The first kappa shape index (κ1) is 9.61. The Labute approximate surface area is 86.6 Å². The summed E-state index contributed by atoms with van der Waals surface area (Å²) in [5.41, 5.74) is 2.07. The van der Waals surface area contributed by atoms with Crippen LogP contribution in [0.15, 0.2) is 36.7 Å². The number of nitrogens with one attached hydrogen (secondary N) is 1. The number of aliphatic hydroxyl groups excluding tert-OH is 1. The summed E-state index contributed by atoms with van der Waals surface area (Å²) < 4.78 is 0. The van der Waals surface area contributed by atoms with Gasteiger partial charge >= 0.3 is 0 Å². The highest BCUT2D eigenvalue weighted by atomic mass is 16.2. The Kier molecular flexibility index (Phi) is 2.60. The minimum absolute atomic E-state index is 1.00. The SMILES string of the molecule is CO.c1cnc2cc3cn[nH]c3cc2c1. The van der Waals surface area contributed by atoms with Crippen LogP contribution in [0.25, 0.3) is 21.8 Å². The van der Waals surface area contributed by atoms with E-state index in [4.69, 9.17) is 5.11 Å². The van der Waals surface area contributed by atoms with Crippen LogP contribution in [0.3, 0.4) is 0 Å². The third-order valence-corrected chi connectivity index (χ3v) is 2.16. The summed E-state index contributed by atoms with van der Waals surface area (Å²) >= 11 is 0. The first-order chi connectivity index (χ1) is 7.43. The van der Waals surface area contributed by atoms with Crippen molar-refractivity contribution < 1.29 is 5.11 Å². The summed E-state index contributed by atoms with van der Waals surface area (Å²) in [4.78, 5) is 4.27. The van der Waals surface area contributed by atoms with Crippen molar-refractivity contribution in [2.75, 3.05) is 7.11 Å². The number of nitrogens with zero attached hydrogens (tertiary/aromatic N) is 2. The lowest BCUT2D eigenvalue weighted by Crippen LogP contribution is -1.76. The zero-order chi connectivity index (χ0) is 10.7. The van der Waals surface area contributed by atoms with Crippen molar-refractivity contribution in [2.24, 2.45) is 0 Å². The number of hydrogen-bond donors (Lipinski definition) is 2. The average Bonchev–Trinajstić information content (AvgIpc) is 2.75. The van der Waals surface area contributed by atoms with Crippen LogP contribution in [0.4, 0.5) is 0 Å². The van der Waals surface area contributed by atoms with Gasteiger partial charge in [-0.3, -0.25) is 10.1 Å². The molecule has 0 amide bonds. The van der Waals surface area contributed by atoms with Gasteiger partial charge in [-0.2, -0.15) is 5.10 Å². The Balaban J connectivity index is 0.000000404. The molecule has 0 atom stereocenters. The van der Waals surface area contributed by atoms with E-state index >= 15 is 0 Å². The molecule has 3 rings (SSSR count). The number of fused-ring (bicyclic) bond motifs is 2. The van der Waals surface area contributed by atoms with Gasteiger partial charge in [-0.1, -0.05) is 6.07 Å². The number of hydrogen-bond acceptors (Lipinski definition) is 3. The lowest BCUT2D eigenvalue weighted by molar-refractivity contribution is 0.399. The summed E-state index contributed by atoms with van der Waals surface area (Å²) in [6.45, 7) is 0. The molecule has 0 aliphatic heterocycles. The number of pyridine rings is 1. The maximum Gasteiger partial charge on any atom is 0.0710 e. The Morgan fingerprint density at radius 2 is 2.07 bits per heavy atom. The second-order valence-corrected chi connectivity index (χ2v) is 3.01. The Morgan fingerprint density at radius 1 is 1.20 bits per heavy atom. The van der Waals surface area contributed by atoms with E-state index in [0.29, 0.717) is 0 Å². The number of aliphatic hydroxyl groups is 1. The third-order valence-electron chi connectivity index (χ3n) is 2.16. The first-order valence-electron chi connectivity index (χ1n) is 4.56. The number of aromatic nitrogens is 3. The molecule has 0 saturated carbocycles. The van der Waals surface area contributed by atoms with Gasteiger partial charge in [0.2, 0.25) is 0 Å². The largest absolute Gasteiger partial charge is 0.400 e. The van der Waals surface area contributed by atoms with Gasteiger partial charge in [0, 0.05) is 24.1 Å². The standard InChI is InChI=1S/C10H7N3.CH4O/c1-2-7-4-10-8(6-12-13-10)5-9(7)11-3-1;1-2/h1-6H,(H,12,13);2H,1H3. The molecule has 2 aromatic heterocycles. The molecule has 0 aliphatic carbocycles. The third kappa shape index (κ3) is 1.67. The molecule has 0 aliphatic rings. The predicted molar refractivity (Wildman–Crippen MR) is 59.5 cm³/mol. The molecule has 0 fully saturated rings. The Morgan fingerprint density at radius 3 is 2.93 bits per heavy atom. The predicted octanol–water partition coefficient (Wildman–Crippen LogP) is 1.72. The number of H-pyrrole nitrogens is 1. The summed E-state index contributed by atoms with van der Waals surface area (Å²) in [6.07, 6.45) is 3.61. The van der Waals surface area contributed by atoms with E-state index in [2.05, 4.69) is 21.2 Å². The molecule has 0 unspecified atom stereocenters. The van der Waals surface area contributed by atoms with E-state index in [-0.39, 0.29) is 0 Å². The molecule has 0 bridgehead atoms. The van der Waals surface area contributed by atoms with Crippen molar-refractivity contribution >= 4 is 21.8 Å². The zero-order valence-corrected chi connectivity index (χ0v) is 8.31. The lowest BCUT2D eigenvalue weighted by Gasteiger charge is -1.95. The molecule has 76 valence electrons. The van der Waals surface area contributed by atoms with Gasteiger partial charge in [0.25, 0.3) is 0 Å². The second-order valence-electron chi connectivity index (χ2n) is 3.01. The maximum absolute atomic E-state index is 7.00. The molecule has 4 nitrogen and oxygen atoms in total. The van der Waals surface area contributed by atoms with Gasteiger partial charge in [-0.25, -0.2) is 0 Å². The van der Waals surface area contributed by atoms with Crippen LogP contribution in [0.2, 0.25) is 0 Å². The van der Waals surface area contributed by atoms with Crippen molar-refractivity contribution in [3.63, 3.8) is 0 Å². The van der Waals surface area contributed by atoms with E-state index in [9.17, 15) is 0 Å². The van der Waals surface area contributed by atoms with Gasteiger partial charge < -0.3 is 5.11 Å². The molecule has 0 spiro atoms. The molecular formula is C11H11N3O. The normalized spacial score (nSPS) is 10.0. The molecule has 15 heavy (non-hydrogen) atoms. The van der Waals surface area contributed by atoms with Crippen LogP contribution in [-0.4, -0.2) is 27.4 Å². The monoisotopic (exact) mass is 201 g/mol.